The number of rotatable bonds is 3. The second-order valence-electron chi connectivity index (χ2n) is 4.31. The van der Waals surface area contributed by atoms with Gasteiger partial charge in [0.25, 0.3) is 5.91 Å². The summed E-state index contributed by atoms with van der Waals surface area (Å²) in [7, 11) is 0. The van der Waals surface area contributed by atoms with Crippen molar-refractivity contribution in [1.29, 1.82) is 0 Å². The number of carbonyl (C=O) groups excluding carboxylic acids is 2. The van der Waals surface area contributed by atoms with Gasteiger partial charge in [-0.15, -0.1) is 0 Å². The van der Waals surface area contributed by atoms with Gasteiger partial charge in [-0.25, -0.2) is 0 Å². The van der Waals surface area contributed by atoms with Crippen LogP contribution in [0, 0.1) is 0 Å². The Morgan fingerprint density at radius 1 is 1.44 bits per heavy atom. The quantitative estimate of drug-likeness (QED) is 0.682. The molecule has 1 unspecified atom stereocenters. The third kappa shape index (κ3) is 3.04. The monoisotopic (exact) mass is 248 g/mol. The molecule has 0 saturated carbocycles. The van der Waals surface area contributed by atoms with Crippen molar-refractivity contribution in [3.8, 4) is 0 Å². The van der Waals surface area contributed by atoms with E-state index in [2.05, 4.69) is 15.6 Å². The largest absolute Gasteiger partial charge is 0.366 e. The maximum Gasteiger partial charge on any atom is 0.270 e. The number of piperidine rings is 1. The highest BCUT2D eigenvalue weighted by Crippen LogP contribution is 2.04. The van der Waals surface area contributed by atoms with Crippen LogP contribution in [0.3, 0.4) is 0 Å². The first-order chi connectivity index (χ1) is 8.66. The lowest BCUT2D eigenvalue weighted by atomic mass is 10.1. The van der Waals surface area contributed by atoms with Gasteiger partial charge >= 0.3 is 0 Å². The average molecular weight is 248 g/mol. The molecule has 2 rings (SSSR count). The van der Waals surface area contributed by atoms with Gasteiger partial charge in [0.15, 0.2) is 0 Å². The molecular formula is C12H16N4O2. The Hall–Kier alpha value is -1.95. The number of aromatic nitrogens is 1. The highest BCUT2D eigenvalue weighted by Gasteiger charge is 2.17. The SMILES string of the molecule is NC(=O)c1ccc(C(=O)NC2CCCNC2)nc1. The normalized spacial score (nSPS) is 19.2. The van der Waals surface area contributed by atoms with Gasteiger partial charge in [0, 0.05) is 18.8 Å². The van der Waals surface area contributed by atoms with E-state index in [1.54, 1.807) is 0 Å². The molecule has 4 N–H and O–H groups in total. The lowest BCUT2D eigenvalue weighted by Gasteiger charge is -2.23. The first-order valence-electron chi connectivity index (χ1n) is 5.94. The van der Waals surface area contributed by atoms with Crippen LogP contribution >= 0.6 is 0 Å². The van der Waals surface area contributed by atoms with Crippen molar-refractivity contribution in [2.45, 2.75) is 18.9 Å². The van der Waals surface area contributed by atoms with Crippen molar-refractivity contribution >= 4 is 11.8 Å². The molecule has 1 aromatic heterocycles. The average Bonchev–Trinajstić information content (AvgIpc) is 2.40. The molecule has 0 bridgehead atoms. The number of nitrogens with two attached hydrogens (primary N) is 1. The fourth-order valence-corrected chi connectivity index (χ4v) is 1.91. The van der Waals surface area contributed by atoms with Crippen LogP contribution in [0.4, 0.5) is 0 Å². The molecule has 1 saturated heterocycles. The van der Waals surface area contributed by atoms with E-state index in [1.165, 1.54) is 18.3 Å². The first kappa shape index (κ1) is 12.5. The van der Waals surface area contributed by atoms with E-state index in [0.717, 1.165) is 25.9 Å². The number of primary amides is 1. The second kappa shape index (κ2) is 5.59. The van der Waals surface area contributed by atoms with Gasteiger partial charge in [0.1, 0.15) is 5.69 Å². The third-order valence-electron chi connectivity index (χ3n) is 2.91. The minimum Gasteiger partial charge on any atom is -0.366 e. The van der Waals surface area contributed by atoms with Crippen LogP contribution in [-0.2, 0) is 0 Å². The smallest absolute Gasteiger partial charge is 0.270 e. The summed E-state index contributed by atoms with van der Waals surface area (Å²) in [6.07, 6.45) is 3.34. The van der Waals surface area contributed by atoms with E-state index >= 15 is 0 Å². The van der Waals surface area contributed by atoms with Gasteiger partial charge in [-0.2, -0.15) is 0 Å². The Morgan fingerprint density at radius 2 is 2.28 bits per heavy atom. The topological polar surface area (TPSA) is 97.1 Å². The molecule has 6 heteroatoms. The van der Waals surface area contributed by atoms with Gasteiger partial charge in [-0.3, -0.25) is 14.6 Å². The standard InChI is InChI=1S/C12H16N4O2/c13-11(17)8-3-4-10(15-6-8)12(18)16-9-2-1-5-14-7-9/h3-4,6,9,14H,1-2,5,7H2,(H2,13,17)(H,16,18). The zero-order valence-corrected chi connectivity index (χ0v) is 9.98. The first-order valence-corrected chi connectivity index (χ1v) is 5.94. The van der Waals surface area contributed by atoms with Crippen molar-refractivity contribution in [3.05, 3.63) is 29.6 Å². The summed E-state index contributed by atoms with van der Waals surface area (Å²) in [4.78, 5) is 26.7. The minimum atomic E-state index is -0.550. The molecule has 0 aromatic carbocycles. The zero-order chi connectivity index (χ0) is 13.0. The third-order valence-corrected chi connectivity index (χ3v) is 2.91. The maximum atomic E-state index is 11.9. The van der Waals surface area contributed by atoms with Crippen molar-refractivity contribution in [3.63, 3.8) is 0 Å². The number of hydrogen-bond acceptors (Lipinski definition) is 4. The van der Waals surface area contributed by atoms with Crippen molar-refractivity contribution in [2.75, 3.05) is 13.1 Å². The molecule has 18 heavy (non-hydrogen) atoms. The van der Waals surface area contributed by atoms with E-state index in [9.17, 15) is 9.59 Å². The summed E-state index contributed by atoms with van der Waals surface area (Å²) >= 11 is 0. The van der Waals surface area contributed by atoms with Crippen LogP contribution < -0.4 is 16.4 Å². The van der Waals surface area contributed by atoms with Crippen LogP contribution in [0.1, 0.15) is 33.7 Å². The molecule has 1 aromatic rings. The van der Waals surface area contributed by atoms with Crippen LogP contribution in [-0.4, -0.2) is 35.9 Å². The predicted molar refractivity (Wildman–Crippen MR) is 66.1 cm³/mol. The Morgan fingerprint density at radius 3 is 2.83 bits per heavy atom. The number of amides is 2. The van der Waals surface area contributed by atoms with Gasteiger partial charge < -0.3 is 16.4 Å². The summed E-state index contributed by atoms with van der Waals surface area (Å²) in [6.45, 7) is 1.78. The van der Waals surface area contributed by atoms with Crippen LogP contribution in [0.5, 0.6) is 0 Å². The summed E-state index contributed by atoms with van der Waals surface area (Å²) in [5, 5.41) is 6.12. The van der Waals surface area contributed by atoms with Crippen molar-refractivity contribution in [1.82, 2.24) is 15.6 Å². The lowest BCUT2D eigenvalue weighted by molar-refractivity contribution is 0.0923. The number of nitrogens with zero attached hydrogens (tertiary/aromatic N) is 1. The Kier molecular flexibility index (Phi) is 3.88. The van der Waals surface area contributed by atoms with Crippen LogP contribution in [0.2, 0.25) is 0 Å². The van der Waals surface area contributed by atoms with Gasteiger partial charge in [-0.05, 0) is 31.5 Å². The van der Waals surface area contributed by atoms with Crippen LogP contribution in [0.15, 0.2) is 18.3 Å². The van der Waals surface area contributed by atoms with Gasteiger partial charge in [0.05, 0.1) is 5.56 Å². The van der Waals surface area contributed by atoms with Crippen molar-refractivity contribution in [2.24, 2.45) is 5.73 Å². The molecular weight excluding hydrogens is 232 g/mol. The summed E-state index contributed by atoms with van der Waals surface area (Å²) in [5.74, 6) is -0.773. The van der Waals surface area contributed by atoms with E-state index in [1.807, 2.05) is 0 Å². The molecule has 2 heterocycles. The lowest BCUT2D eigenvalue weighted by Crippen LogP contribution is -2.45. The number of nitrogens with one attached hydrogen (secondary N) is 2. The van der Waals surface area contributed by atoms with Crippen molar-refractivity contribution < 1.29 is 9.59 Å². The Balaban J connectivity index is 1.97. The highest BCUT2D eigenvalue weighted by molar-refractivity contribution is 5.95. The fourth-order valence-electron chi connectivity index (χ4n) is 1.91. The summed E-state index contributed by atoms with van der Waals surface area (Å²) in [6, 6.07) is 3.15. The zero-order valence-electron chi connectivity index (χ0n) is 9.98. The molecule has 0 spiro atoms. The van der Waals surface area contributed by atoms with Gasteiger partial charge in [0.2, 0.25) is 5.91 Å². The summed E-state index contributed by atoms with van der Waals surface area (Å²) < 4.78 is 0. The number of pyridine rings is 1. The van der Waals surface area contributed by atoms with Gasteiger partial charge in [-0.1, -0.05) is 0 Å². The number of hydrogen-bond donors (Lipinski definition) is 3. The molecule has 96 valence electrons. The fraction of sp³-hybridized carbons (Fsp3) is 0.417. The highest BCUT2D eigenvalue weighted by atomic mass is 16.2. The van der Waals surface area contributed by atoms with E-state index < -0.39 is 5.91 Å². The predicted octanol–water partition coefficient (Wildman–Crippen LogP) is -0.338. The number of carbonyl (C=O) groups is 2. The molecule has 0 radical (unpaired) electrons. The molecule has 1 atom stereocenters. The second-order valence-corrected chi connectivity index (χ2v) is 4.31. The molecule has 1 aliphatic heterocycles. The molecule has 1 fully saturated rings. The van der Waals surface area contributed by atoms with E-state index in [0.29, 0.717) is 11.3 Å². The molecule has 0 aliphatic carbocycles. The minimum absolute atomic E-state index is 0.142. The Labute approximate surface area is 105 Å². The molecule has 1 aliphatic rings. The van der Waals surface area contributed by atoms with E-state index in [-0.39, 0.29) is 11.9 Å². The molecule has 2 amide bonds. The summed E-state index contributed by atoms with van der Waals surface area (Å²) in [5.41, 5.74) is 5.70. The van der Waals surface area contributed by atoms with Crippen LogP contribution in [0.25, 0.3) is 0 Å². The molecule has 6 nitrogen and oxygen atoms in total. The van der Waals surface area contributed by atoms with E-state index in [4.69, 9.17) is 5.73 Å². The Bertz CT molecular complexity index is 438. The maximum absolute atomic E-state index is 11.9.